The van der Waals surface area contributed by atoms with Crippen molar-refractivity contribution < 1.29 is 19.1 Å². The lowest BCUT2D eigenvalue weighted by molar-refractivity contribution is -0.141. The van der Waals surface area contributed by atoms with Crippen molar-refractivity contribution in [3.8, 4) is 0 Å². The highest BCUT2D eigenvalue weighted by molar-refractivity contribution is 5.87. The Kier molecular flexibility index (Phi) is 10.3. The number of amides is 2. The summed E-state index contributed by atoms with van der Waals surface area (Å²) in [6, 6.07) is -0.583. The molecule has 0 aromatic carbocycles. The monoisotopic (exact) mass is 337 g/mol. The third-order valence-electron chi connectivity index (χ3n) is 3.76. The minimum atomic E-state index is -0.583. The van der Waals surface area contributed by atoms with Crippen molar-refractivity contribution in [1.82, 2.24) is 9.80 Å². The summed E-state index contributed by atoms with van der Waals surface area (Å²) in [7, 11) is 4.90. The zero-order valence-electron chi connectivity index (χ0n) is 13.6. The predicted octanol–water partition coefficient (Wildman–Crippen LogP) is -0.275. The Morgan fingerprint density at radius 1 is 1.32 bits per heavy atom. The maximum atomic E-state index is 12.5. The number of nitrogens with two attached hydrogens (primary N) is 1. The maximum absolute atomic E-state index is 12.5. The largest absolute Gasteiger partial charge is 0.383 e. The van der Waals surface area contributed by atoms with Gasteiger partial charge in [0.25, 0.3) is 0 Å². The summed E-state index contributed by atoms with van der Waals surface area (Å²) in [6.45, 7) is 2.06. The Morgan fingerprint density at radius 2 is 1.91 bits per heavy atom. The highest BCUT2D eigenvalue weighted by Gasteiger charge is 2.30. The number of hydrogen-bond acceptors (Lipinski definition) is 5. The zero-order chi connectivity index (χ0) is 15.8. The Balaban J connectivity index is 0.00000441. The average molecular weight is 338 g/mol. The number of hydrogen-bond donors (Lipinski definition) is 1. The van der Waals surface area contributed by atoms with E-state index in [4.69, 9.17) is 15.2 Å². The fraction of sp³-hybridized carbons (Fsp3) is 0.857. The third-order valence-corrected chi connectivity index (χ3v) is 3.76. The zero-order valence-corrected chi connectivity index (χ0v) is 14.4. The Labute approximate surface area is 138 Å². The number of likely N-dealkylation sites (N-methyl/N-ethyl adjacent to an activating group) is 1. The highest BCUT2D eigenvalue weighted by atomic mass is 35.5. The van der Waals surface area contributed by atoms with Crippen molar-refractivity contribution in [2.45, 2.75) is 18.9 Å². The molecule has 2 N–H and O–H groups in total. The van der Waals surface area contributed by atoms with Gasteiger partial charge in [-0.15, -0.1) is 12.4 Å². The lowest BCUT2D eigenvalue weighted by Gasteiger charge is -2.31. The molecule has 1 atom stereocenters. The van der Waals surface area contributed by atoms with Gasteiger partial charge in [-0.2, -0.15) is 0 Å². The van der Waals surface area contributed by atoms with E-state index in [1.807, 2.05) is 0 Å². The van der Waals surface area contributed by atoms with Gasteiger partial charge in [-0.3, -0.25) is 9.59 Å². The predicted molar refractivity (Wildman–Crippen MR) is 85.9 cm³/mol. The third kappa shape index (κ3) is 6.48. The Bertz CT molecular complexity index is 349. The molecule has 0 saturated carbocycles. The van der Waals surface area contributed by atoms with Crippen molar-refractivity contribution in [2.24, 2.45) is 11.7 Å². The lowest BCUT2D eigenvalue weighted by Crippen LogP contribution is -2.52. The van der Waals surface area contributed by atoms with Gasteiger partial charge in [0.1, 0.15) is 0 Å². The summed E-state index contributed by atoms with van der Waals surface area (Å²) >= 11 is 0. The molecular formula is C14H28ClN3O4. The number of nitrogens with zero attached hydrogens (tertiary/aromatic N) is 2. The summed E-state index contributed by atoms with van der Waals surface area (Å²) in [6.07, 6.45) is 1.57. The molecule has 1 aliphatic rings. The molecule has 0 radical (unpaired) electrons. The topological polar surface area (TPSA) is 85.1 Å². The molecule has 1 rings (SSSR count). The van der Waals surface area contributed by atoms with Crippen LogP contribution in [0.4, 0.5) is 0 Å². The second kappa shape index (κ2) is 10.8. The lowest BCUT2D eigenvalue weighted by atomic mass is 9.91. The number of methoxy groups -OCH3 is 1. The number of rotatable bonds is 7. The number of halogens is 1. The van der Waals surface area contributed by atoms with E-state index in [2.05, 4.69) is 0 Å². The molecule has 8 heteroatoms. The van der Waals surface area contributed by atoms with E-state index in [1.54, 1.807) is 21.2 Å². The fourth-order valence-corrected chi connectivity index (χ4v) is 2.26. The summed E-state index contributed by atoms with van der Waals surface area (Å²) < 4.78 is 10.3. The summed E-state index contributed by atoms with van der Waals surface area (Å²) in [4.78, 5) is 27.3. The molecule has 0 aromatic rings. The first kappa shape index (κ1) is 21.1. The number of carbonyl (C=O) groups excluding carboxylic acids is 2. The van der Waals surface area contributed by atoms with Crippen LogP contribution in [0.15, 0.2) is 0 Å². The molecule has 7 nitrogen and oxygen atoms in total. The van der Waals surface area contributed by atoms with Crippen molar-refractivity contribution in [3.63, 3.8) is 0 Å². The summed E-state index contributed by atoms with van der Waals surface area (Å²) in [5.41, 5.74) is 6.10. The van der Waals surface area contributed by atoms with E-state index in [1.165, 1.54) is 9.80 Å². The van der Waals surface area contributed by atoms with Crippen molar-refractivity contribution in [2.75, 3.05) is 54.1 Å². The minimum absolute atomic E-state index is 0. The Hall–Kier alpha value is -0.890. The van der Waals surface area contributed by atoms with E-state index in [-0.39, 0.29) is 36.7 Å². The number of carbonyl (C=O) groups is 2. The molecule has 22 heavy (non-hydrogen) atoms. The SMILES string of the molecule is COCCN(CC(=O)N(C)C)C(=O)C(N)C1CCOCC1.Cl. The van der Waals surface area contributed by atoms with E-state index < -0.39 is 6.04 Å². The van der Waals surface area contributed by atoms with Crippen LogP contribution in [0.3, 0.4) is 0 Å². The molecule has 130 valence electrons. The van der Waals surface area contributed by atoms with Crippen LogP contribution < -0.4 is 5.73 Å². The van der Waals surface area contributed by atoms with Crippen molar-refractivity contribution >= 4 is 24.2 Å². The van der Waals surface area contributed by atoms with Crippen LogP contribution in [0, 0.1) is 5.92 Å². The summed E-state index contributed by atoms with van der Waals surface area (Å²) in [5.74, 6) is -0.196. The van der Waals surface area contributed by atoms with Crippen molar-refractivity contribution in [1.29, 1.82) is 0 Å². The molecule has 1 aliphatic heterocycles. The molecular weight excluding hydrogens is 310 g/mol. The molecule has 1 heterocycles. The normalized spacial score (nSPS) is 16.5. The van der Waals surface area contributed by atoms with Gasteiger partial charge < -0.3 is 25.0 Å². The van der Waals surface area contributed by atoms with Crippen LogP contribution in [-0.2, 0) is 19.1 Å². The molecule has 1 fully saturated rings. The van der Waals surface area contributed by atoms with Gasteiger partial charge >= 0.3 is 0 Å². The fourth-order valence-electron chi connectivity index (χ4n) is 2.26. The molecule has 1 saturated heterocycles. The van der Waals surface area contributed by atoms with Crippen LogP contribution in [0.2, 0.25) is 0 Å². The molecule has 1 unspecified atom stereocenters. The van der Waals surface area contributed by atoms with Crippen LogP contribution in [-0.4, -0.2) is 81.8 Å². The van der Waals surface area contributed by atoms with E-state index in [0.29, 0.717) is 26.4 Å². The van der Waals surface area contributed by atoms with Gasteiger partial charge in [-0.1, -0.05) is 0 Å². The first-order chi connectivity index (χ1) is 9.97. The van der Waals surface area contributed by atoms with Crippen LogP contribution >= 0.6 is 12.4 Å². The standard InChI is InChI=1S/C14H27N3O4.ClH/c1-16(2)12(18)10-17(6-9-20-3)14(19)13(15)11-4-7-21-8-5-11;/h11,13H,4-10,15H2,1-3H3;1H. The van der Waals surface area contributed by atoms with Gasteiger partial charge in [0, 0.05) is 41.0 Å². The van der Waals surface area contributed by atoms with E-state index in [9.17, 15) is 9.59 Å². The van der Waals surface area contributed by atoms with Crippen LogP contribution in [0.25, 0.3) is 0 Å². The second-order valence-corrected chi connectivity index (χ2v) is 5.52. The van der Waals surface area contributed by atoms with Gasteiger partial charge in [-0.05, 0) is 18.8 Å². The molecule has 0 spiro atoms. The quantitative estimate of drug-likeness (QED) is 0.691. The van der Waals surface area contributed by atoms with Gasteiger partial charge in [0.2, 0.25) is 11.8 Å². The van der Waals surface area contributed by atoms with Gasteiger partial charge in [0.05, 0.1) is 19.2 Å². The molecule has 2 amide bonds. The molecule has 0 aliphatic carbocycles. The van der Waals surface area contributed by atoms with Gasteiger partial charge in [-0.25, -0.2) is 0 Å². The van der Waals surface area contributed by atoms with Crippen molar-refractivity contribution in [3.05, 3.63) is 0 Å². The van der Waals surface area contributed by atoms with E-state index >= 15 is 0 Å². The smallest absolute Gasteiger partial charge is 0.241 e. The number of ether oxygens (including phenoxy) is 2. The van der Waals surface area contributed by atoms with Gasteiger partial charge in [0.15, 0.2) is 0 Å². The van der Waals surface area contributed by atoms with Crippen LogP contribution in [0.5, 0.6) is 0 Å². The molecule has 0 bridgehead atoms. The first-order valence-electron chi connectivity index (χ1n) is 7.28. The highest BCUT2D eigenvalue weighted by Crippen LogP contribution is 2.19. The Morgan fingerprint density at radius 3 is 2.41 bits per heavy atom. The maximum Gasteiger partial charge on any atom is 0.241 e. The van der Waals surface area contributed by atoms with Crippen LogP contribution in [0.1, 0.15) is 12.8 Å². The first-order valence-corrected chi connectivity index (χ1v) is 7.28. The minimum Gasteiger partial charge on any atom is -0.383 e. The molecule has 0 aromatic heterocycles. The summed E-state index contributed by atoms with van der Waals surface area (Å²) in [5, 5.41) is 0. The second-order valence-electron chi connectivity index (χ2n) is 5.52. The van der Waals surface area contributed by atoms with E-state index in [0.717, 1.165) is 12.8 Å². The average Bonchev–Trinajstić information content (AvgIpc) is 2.50.